The summed E-state index contributed by atoms with van der Waals surface area (Å²) in [5, 5.41) is 3.01. The van der Waals surface area contributed by atoms with Crippen LogP contribution in [-0.2, 0) is 0 Å². The van der Waals surface area contributed by atoms with Gasteiger partial charge in [-0.25, -0.2) is 4.98 Å². The summed E-state index contributed by atoms with van der Waals surface area (Å²) in [4.78, 5) is 16.0. The summed E-state index contributed by atoms with van der Waals surface area (Å²) >= 11 is 5.91. The molecular formula is C13H12ClN3O. The van der Waals surface area contributed by atoms with Crippen molar-refractivity contribution in [3.05, 3.63) is 52.7 Å². The molecule has 0 saturated carbocycles. The number of benzene rings is 1. The van der Waals surface area contributed by atoms with Crippen molar-refractivity contribution in [2.75, 3.05) is 11.1 Å². The van der Waals surface area contributed by atoms with E-state index in [-0.39, 0.29) is 5.91 Å². The summed E-state index contributed by atoms with van der Waals surface area (Å²) in [5.41, 5.74) is 7.63. The maximum atomic E-state index is 12.0. The number of anilines is 2. The normalized spacial score (nSPS) is 10.1. The molecule has 2 rings (SSSR count). The zero-order valence-corrected chi connectivity index (χ0v) is 10.5. The van der Waals surface area contributed by atoms with E-state index in [0.717, 1.165) is 5.56 Å². The Hall–Kier alpha value is -2.07. The van der Waals surface area contributed by atoms with Crippen LogP contribution in [-0.4, -0.2) is 10.9 Å². The maximum Gasteiger partial charge on any atom is 0.258 e. The zero-order chi connectivity index (χ0) is 13.1. The highest BCUT2D eigenvalue weighted by Gasteiger charge is 2.11. The van der Waals surface area contributed by atoms with Crippen molar-refractivity contribution in [3.8, 4) is 0 Å². The molecule has 0 saturated heterocycles. The first kappa shape index (κ1) is 12.4. The zero-order valence-electron chi connectivity index (χ0n) is 9.77. The number of hydrogen-bond donors (Lipinski definition) is 2. The Bertz CT molecular complexity index is 599. The van der Waals surface area contributed by atoms with Crippen LogP contribution < -0.4 is 11.1 Å². The van der Waals surface area contributed by atoms with Crippen LogP contribution in [0.5, 0.6) is 0 Å². The van der Waals surface area contributed by atoms with E-state index in [0.29, 0.717) is 22.1 Å². The quantitative estimate of drug-likeness (QED) is 0.817. The van der Waals surface area contributed by atoms with Gasteiger partial charge in [0.05, 0.1) is 10.6 Å². The third kappa shape index (κ3) is 2.60. The molecule has 0 radical (unpaired) electrons. The minimum atomic E-state index is -0.326. The summed E-state index contributed by atoms with van der Waals surface area (Å²) in [6, 6.07) is 8.60. The monoisotopic (exact) mass is 261 g/mol. The lowest BCUT2D eigenvalue weighted by atomic mass is 10.1. The van der Waals surface area contributed by atoms with Gasteiger partial charge in [-0.1, -0.05) is 17.7 Å². The molecule has 0 bridgehead atoms. The molecule has 0 fully saturated rings. The molecule has 4 nitrogen and oxygen atoms in total. The minimum absolute atomic E-state index is 0.323. The van der Waals surface area contributed by atoms with Gasteiger partial charge in [0, 0.05) is 11.9 Å². The number of halogens is 1. The van der Waals surface area contributed by atoms with Crippen molar-refractivity contribution >= 4 is 29.0 Å². The van der Waals surface area contributed by atoms with Gasteiger partial charge in [-0.15, -0.1) is 0 Å². The largest absolute Gasteiger partial charge is 0.398 e. The second-order valence-corrected chi connectivity index (χ2v) is 4.29. The Morgan fingerprint density at radius 1 is 1.39 bits per heavy atom. The molecule has 0 aliphatic rings. The molecule has 1 amide bonds. The summed E-state index contributed by atoms with van der Waals surface area (Å²) in [7, 11) is 0. The van der Waals surface area contributed by atoms with E-state index in [9.17, 15) is 4.79 Å². The lowest BCUT2D eigenvalue weighted by Gasteiger charge is -2.08. The predicted octanol–water partition coefficient (Wildman–Crippen LogP) is 2.88. The molecule has 92 valence electrons. The molecule has 1 aromatic heterocycles. The molecule has 1 aromatic carbocycles. The third-order valence-electron chi connectivity index (χ3n) is 2.44. The predicted molar refractivity (Wildman–Crippen MR) is 72.8 cm³/mol. The van der Waals surface area contributed by atoms with Gasteiger partial charge in [0.15, 0.2) is 5.82 Å². The number of aryl methyl sites for hydroxylation is 1. The third-order valence-corrected chi connectivity index (χ3v) is 2.75. The number of rotatable bonds is 2. The topological polar surface area (TPSA) is 68.0 Å². The number of nitrogens with two attached hydrogens (primary N) is 1. The van der Waals surface area contributed by atoms with E-state index in [1.807, 2.05) is 13.0 Å². The van der Waals surface area contributed by atoms with Crippen molar-refractivity contribution in [1.29, 1.82) is 0 Å². The van der Waals surface area contributed by atoms with Crippen LogP contribution in [0, 0.1) is 6.92 Å². The fourth-order valence-corrected chi connectivity index (χ4v) is 1.71. The number of pyridine rings is 1. The lowest BCUT2D eigenvalue weighted by Crippen LogP contribution is -2.15. The minimum Gasteiger partial charge on any atom is -0.398 e. The number of nitrogens with zero attached hydrogens (tertiary/aromatic N) is 1. The summed E-state index contributed by atoms with van der Waals surface area (Å²) in [6.45, 7) is 1.91. The van der Waals surface area contributed by atoms with Crippen LogP contribution in [0.4, 0.5) is 11.5 Å². The first-order valence-electron chi connectivity index (χ1n) is 5.36. The molecule has 1 heterocycles. The van der Waals surface area contributed by atoms with E-state index in [4.69, 9.17) is 17.3 Å². The molecular weight excluding hydrogens is 250 g/mol. The Balaban J connectivity index is 2.25. The smallest absolute Gasteiger partial charge is 0.258 e. The molecule has 0 spiro atoms. The van der Waals surface area contributed by atoms with E-state index in [2.05, 4.69) is 10.3 Å². The Labute approximate surface area is 110 Å². The van der Waals surface area contributed by atoms with Crippen molar-refractivity contribution in [2.45, 2.75) is 6.92 Å². The molecule has 3 N–H and O–H groups in total. The Morgan fingerprint density at radius 3 is 2.83 bits per heavy atom. The van der Waals surface area contributed by atoms with Gasteiger partial charge >= 0.3 is 0 Å². The van der Waals surface area contributed by atoms with E-state index in [1.54, 1.807) is 30.5 Å². The Kier molecular flexibility index (Phi) is 3.48. The first-order chi connectivity index (χ1) is 8.58. The standard InChI is InChI=1S/C13H12ClN3O/c1-8-4-5-9(11(15)7-8)13(18)17-12-10(14)3-2-6-16-12/h2-7H,15H2,1H3,(H,16,17,18). The van der Waals surface area contributed by atoms with Crippen molar-refractivity contribution in [1.82, 2.24) is 4.98 Å². The van der Waals surface area contributed by atoms with Crippen molar-refractivity contribution < 1.29 is 4.79 Å². The van der Waals surface area contributed by atoms with Gasteiger partial charge in [0.2, 0.25) is 0 Å². The molecule has 0 aliphatic heterocycles. The summed E-state index contributed by atoms with van der Waals surface area (Å²) in [6.07, 6.45) is 1.56. The van der Waals surface area contributed by atoms with Gasteiger partial charge in [0.25, 0.3) is 5.91 Å². The first-order valence-corrected chi connectivity index (χ1v) is 5.73. The highest BCUT2D eigenvalue weighted by atomic mass is 35.5. The van der Waals surface area contributed by atoms with Crippen molar-refractivity contribution in [3.63, 3.8) is 0 Å². The van der Waals surface area contributed by atoms with E-state index >= 15 is 0 Å². The molecule has 18 heavy (non-hydrogen) atoms. The average molecular weight is 262 g/mol. The number of carbonyl (C=O) groups is 1. The highest BCUT2D eigenvalue weighted by Crippen LogP contribution is 2.20. The van der Waals surface area contributed by atoms with Gasteiger partial charge in [0.1, 0.15) is 0 Å². The highest BCUT2D eigenvalue weighted by molar-refractivity contribution is 6.33. The van der Waals surface area contributed by atoms with E-state index in [1.165, 1.54) is 0 Å². The van der Waals surface area contributed by atoms with Gasteiger partial charge in [-0.05, 0) is 36.8 Å². The second-order valence-electron chi connectivity index (χ2n) is 3.88. The maximum absolute atomic E-state index is 12.0. The fourth-order valence-electron chi connectivity index (χ4n) is 1.54. The molecule has 0 aliphatic carbocycles. The second kappa shape index (κ2) is 5.06. The molecule has 2 aromatic rings. The molecule has 0 unspecified atom stereocenters. The van der Waals surface area contributed by atoms with Crippen LogP contribution in [0.1, 0.15) is 15.9 Å². The molecule has 0 atom stereocenters. The fraction of sp³-hybridized carbons (Fsp3) is 0.0769. The van der Waals surface area contributed by atoms with Crippen LogP contribution in [0.15, 0.2) is 36.5 Å². The summed E-state index contributed by atoms with van der Waals surface area (Å²) in [5.74, 6) is -0.00255. The number of carbonyl (C=O) groups excluding carboxylic acids is 1. The number of amides is 1. The SMILES string of the molecule is Cc1ccc(C(=O)Nc2ncccc2Cl)c(N)c1. The number of hydrogen-bond acceptors (Lipinski definition) is 3. The van der Waals surface area contributed by atoms with E-state index < -0.39 is 0 Å². The van der Waals surface area contributed by atoms with Crippen LogP contribution in [0.25, 0.3) is 0 Å². The summed E-state index contributed by atoms with van der Waals surface area (Å²) < 4.78 is 0. The van der Waals surface area contributed by atoms with Crippen LogP contribution in [0.3, 0.4) is 0 Å². The van der Waals surface area contributed by atoms with Gasteiger partial charge in [-0.2, -0.15) is 0 Å². The van der Waals surface area contributed by atoms with Gasteiger partial charge < -0.3 is 11.1 Å². The van der Waals surface area contributed by atoms with Crippen LogP contribution in [0.2, 0.25) is 5.02 Å². The molecule has 5 heteroatoms. The average Bonchev–Trinajstić information content (AvgIpc) is 2.32. The number of aromatic nitrogens is 1. The Morgan fingerprint density at radius 2 is 2.17 bits per heavy atom. The number of nitrogens with one attached hydrogen (secondary N) is 1. The van der Waals surface area contributed by atoms with Crippen molar-refractivity contribution in [2.24, 2.45) is 0 Å². The number of nitrogen functional groups attached to an aromatic ring is 1. The lowest BCUT2D eigenvalue weighted by molar-refractivity contribution is 0.102. The van der Waals surface area contributed by atoms with Crippen LogP contribution >= 0.6 is 11.6 Å². The van der Waals surface area contributed by atoms with Gasteiger partial charge in [-0.3, -0.25) is 4.79 Å².